The minimum Gasteiger partial charge on any atom is -0.486 e. The lowest BCUT2D eigenvalue weighted by molar-refractivity contribution is 0.295. The minimum atomic E-state index is -3.69. The summed E-state index contributed by atoms with van der Waals surface area (Å²) in [7, 11) is -0.0876. The number of hydrogen-bond donors (Lipinski definition) is 1. The second-order valence-corrected chi connectivity index (χ2v) is 8.43. The van der Waals surface area contributed by atoms with Gasteiger partial charge < -0.3 is 15.4 Å². The maximum Gasteiger partial charge on any atom is 0.264 e. The molecule has 10 heteroatoms. The standard InChI is InChI=1S/C20H24N6O3S/c1-4-26(15-8-6-5-7-9-15)30(27,28)17-12-10-16(11-13-17)29-14-18-22-19(21)24-20(23-18)25(2)3/h5-13H,4,14H2,1-3H3,(H2,21,22,23,24). The molecule has 3 rings (SSSR count). The molecule has 0 bridgehead atoms. The Morgan fingerprint density at radius 1 is 0.967 bits per heavy atom. The van der Waals surface area contributed by atoms with E-state index < -0.39 is 10.0 Å². The Morgan fingerprint density at radius 2 is 1.63 bits per heavy atom. The van der Waals surface area contributed by atoms with Gasteiger partial charge in [-0.05, 0) is 43.3 Å². The number of nitrogens with zero attached hydrogens (tertiary/aromatic N) is 5. The van der Waals surface area contributed by atoms with Crippen LogP contribution in [-0.2, 0) is 16.6 Å². The van der Waals surface area contributed by atoms with Gasteiger partial charge in [-0.25, -0.2) is 8.42 Å². The van der Waals surface area contributed by atoms with Gasteiger partial charge in [0.1, 0.15) is 12.4 Å². The molecule has 158 valence electrons. The van der Waals surface area contributed by atoms with Crippen molar-refractivity contribution in [1.29, 1.82) is 0 Å². The molecule has 0 unspecified atom stereocenters. The highest BCUT2D eigenvalue weighted by atomic mass is 32.2. The summed E-state index contributed by atoms with van der Waals surface area (Å²) >= 11 is 0. The van der Waals surface area contributed by atoms with Crippen LogP contribution in [0.5, 0.6) is 5.75 Å². The summed E-state index contributed by atoms with van der Waals surface area (Å²) in [5.41, 5.74) is 6.32. The molecule has 0 aliphatic rings. The van der Waals surface area contributed by atoms with Crippen molar-refractivity contribution in [3.63, 3.8) is 0 Å². The second-order valence-electron chi connectivity index (χ2n) is 6.57. The summed E-state index contributed by atoms with van der Waals surface area (Å²) in [6.45, 7) is 2.19. The van der Waals surface area contributed by atoms with Crippen molar-refractivity contribution in [3.05, 3.63) is 60.4 Å². The predicted molar refractivity (Wildman–Crippen MR) is 116 cm³/mol. The van der Waals surface area contributed by atoms with Crippen LogP contribution in [0, 0.1) is 0 Å². The molecule has 30 heavy (non-hydrogen) atoms. The molecule has 0 amide bonds. The first-order valence-electron chi connectivity index (χ1n) is 9.29. The number of benzene rings is 2. The van der Waals surface area contributed by atoms with E-state index in [1.54, 1.807) is 62.3 Å². The third-order valence-electron chi connectivity index (χ3n) is 4.20. The van der Waals surface area contributed by atoms with Crippen molar-refractivity contribution in [2.75, 3.05) is 35.6 Å². The highest BCUT2D eigenvalue weighted by molar-refractivity contribution is 7.92. The molecule has 0 aliphatic heterocycles. The van der Waals surface area contributed by atoms with Crippen LogP contribution in [0.4, 0.5) is 17.6 Å². The Labute approximate surface area is 176 Å². The fourth-order valence-corrected chi connectivity index (χ4v) is 4.23. The number of nitrogen functional groups attached to an aromatic ring is 1. The quantitative estimate of drug-likeness (QED) is 0.581. The SMILES string of the molecule is CCN(c1ccccc1)S(=O)(=O)c1ccc(OCc2nc(N)nc(N(C)C)n2)cc1. The van der Waals surface area contributed by atoms with E-state index in [0.717, 1.165) is 0 Å². The Kier molecular flexibility index (Phi) is 6.36. The zero-order valence-corrected chi connectivity index (χ0v) is 17.9. The summed E-state index contributed by atoms with van der Waals surface area (Å²) in [6.07, 6.45) is 0. The molecule has 0 fully saturated rings. The number of nitrogens with two attached hydrogens (primary N) is 1. The van der Waals surface area contributed by atoms with Crippen molar-refractivity contribution in [3.8, 4) is 5.75 Å². The van der Waals surface area contributed by atoms with Crippen LogP contribution in [-0.4, -0.2) is 44.0 Å². The predicted octanol–water partition coefficient (Wildman–Crippen LogP) is 2.31. The molecular formula is C20H24N6O3S. The Morgan fingerprint density at radius 3 is 2.23 bits per heavy atom. The average Bonchev–Trinajstić information content (AvgIpc) is 2.73. The van der Waals surface area contributed by atoms with Crippen LogP contribution in [0.3, 0.4) is 0 Å². The van der Waals surface area contributed by atoms with E-state index in [9.17, 15) is 8.42 Å². The maximum atomic E-state index is 13.0. The third-order valence-corrected chi connectivity index (χ3v) is 6.12. The first-order chi connectivity index (χ1) is 14.3. The summed E-state index contributed by atoms with van der Waals surface area (Å²) in [5, 5.41) is 0. The molecule has 0 aliphatic carbocycles. The molecule has 0 atom stereocenters. The fourth-order valence-electron chi connectivity index (χ4n) is 2.76. The molecule has 0 spiro atoms. The van der Waals surface area contributed by atoms with E-state index >= 15 is 0 Å². The fraction of sp³-hybridized carbons (Fsp3) is 0.250. The number of anilines is 3. The van der Waals surface area contributed by atoms with E-state index in [-0.39, 0.29) is 17.5 Å². The molecule has 9 nitrogen and oxygen atoms in total. The van der Waals surface area contributed by atoms with Crippen LogP contribution < -0.4 is 19.7 Å². The van der Waals surface area contributed by atoms with Crippen molar-refractivity contribution in [2.24, 2.45) is 0 Å². The number of sulfonamides is 1. The molecule has 1 heterocycles. The van der Waals surface area contributed by atoms with E-state index in [2.05, 4.69) is 15.0 Å². The largest absolute Gasteiger partial charge is 0.486 e. The lowest BCUT2D eigenvalue weighted by Crippen LogP contribution is -2.30. The van der Waals surface area contributed by atoms with Gasteiger partial charge in [0.25, 0.3) is 10.0 Å². The van der Waals surface area contributed by atoms with Crippen molar-refractivity contribution in [1.82, 2.24) is 15.0 Å². The monoisotopic (exact) mass is 428 g/mol. The van der Waals surface area contributed by atoms with Crippen molar-refractivity contribution >= 4 is 27.6 Å². The van der Waals surface area contributed by atoms with Gasteiger partial charge in [-0.15, -0.1) is 0 Å². The molecule has 2 aromatic carbocycles. The lowest BCUT2D eigenvalue weighted by atomic mass is 10.3. The summed E-state index contributed by atoms with van der Waals surface area (Å²) in [4.78, 5) is 14.3. The molecule has 1 aromatic heterocycles. The summed E-state index contributed by atoms with van der Waals surface area (Å²) in [6, 6.07) is 15.2. The van der Waals surface area contributed by atoms with Gasteiger partial charge in [0.05, 0.1) is 10.6 Å². The smallest absolute Gasteiger partial charge is 0.264 e. The van der Waals surface area contributed by atoms with E-state index in [1.807, 2.05) is 6.07 Å². The van der Waals surface area contributed by atoms with Crippen LogP contribution in [0.2, 0.25) is 0 Å². The van der Waals surface area contributed by atoms with Crippen LogP contribution in [0.15, 0.2) is 59.5 Å². The topological polar surface area (TPSA) is 115 Å². The number of para-hydroxylation sites is 1. The number of rotatable bonds is 8. The van der Waals surface area contributed by atoms with Gasteiger partial charge >= 0.3 is 0 Å². The zero-order valence-electron chi connectivity index (χ0n) is 17.1. The minimum absolute atomic E-state index is 0.0742. The number of hydrogen-bond acceptors (Lipinski definition) is 8. The van der Waals surface area contributed by atoms with Crippen LogP contribution >= 0.6 is 0 Å². The Hall–Kier alpha value is -3.40. The van der Waals surface area contributed by atoms with Gasteiger partial charge in [0.15, 0.2) is 5.82 Å². The van der Waals surface area contributed by atoms with Crippen LogP contribution in [0.1, 0.15) is 12.7 Å². The van der Waals surface area contributed by atoms with Gasteiger partial charge in [0, 0.05) is 20.6 Å². The molecule has 0 saturated carbocycles. The maximum absolute atomic E-state index is 13.0. The molecule has 2 N–H and O–H groups in total. The van der Waals surface area contributed by atoms with Crippen LogP contribution in [0.25, 0.3) is 0 Å². The molecule has 3 aromatic rings. The van der Waals surface area contributed by atoms with E-state index in [1.165, 1.54) is 16.4 Å². The van der Waals surface area contributed by atoms with Crippen molar-refractivity contribution in [2.45, 2.75) is 18.4 Å². The molecule has 0 radical (unpaired) electrons. The van der Waals surface area contributed by atoms with Gasteiger partial charge in [-0.1, -0.05) is 18.2 Å². The lowest BCUT2D eigenvalue weighted by Gasteiger charge is -2.23. The van der Waals surface area contributed by atoms with E-state index in [4.69, 9.17) is 10.5 Å². The first-order valence-corrected chi connectivity index (χ1v) is 10.7. The Balaban J connectivity index is 1.75. The summed E-state index contributed by atoms with van der Waals surface area (Å²) in [5.74, 6) is 1.41. The zero-order chi connectivity index (χ0) is 21.7. The molecule has 0 saturated heterocycles. The highest BCUT2D eigenvalue weighted by Crippen LogP contribution is 2.25. The van der Waals surface area contributed by atoms with Gasteiger partial charge in [0.2, 0.25) is 11.9 Å². The average molecular weight is 429 g/mol. The third kappa shape index (κ3) is 4.77. The van der Waals surface area contributed by atoms with Gasteiger partial charge in [-0.3, -0.25) is 4.31 Å². The van der Waals surface area contributed by atoms with E-state index in [0.29, 0.717) is 29.8 Å². The second kappa shape index (κ2) is 8.95. The number of aromatic nitrogens is 3. The van der Waals surface area contributed by atoms with Crippen molar-refractivity contribution < 1.29 is 13.2 Å². The Bertz CT molecular complexity index is 1090. The molecular weight excluding hydrogens is 404 g/mol. The normalized spacial score (nSPS) is 11.2. The summed E-state index contributed by atoms with van der Waals surface area (Å²) < 4.78 is 33.1. The number of ether oxygens (including phenoxy) is 1. The highest BCUT2D eigenvalue weighted by Gasteiger charge is 2.23. The van der Waals surface area contributed by atoms with Gasteiger partial charge in [-0.2, -0.15) is 15.0 Å². The first kappa shape index (κ1) is 21.3.